The SMILES string of the molecule is [C-]#[N+]c1ccc(-c2ccc3c(c2)C2(c4ccccc4S3)c3ccccc3-c3ccc(-c4cc(-c5ccccc5)nc(-c5ccccc5)n4)cc32)cc1. The molecule has 0 saturated heterocycles. The van der Waals surface area contributed by atoms with E-state index in [2.05, 4.69) is 144 Å². The molecule has 242 valence electrons. The lowest BCUT2D eigenvalue weighted by Gasteiger charge is -2.40. The van der Waals surface area contributed by atoms with Crippen LogP contribution < -0.4 is 0 Å². The second kappa shape index (κ2) is 12.1. The molecule has 1 atom stereocenters. The zero-order valence-corrected chi connectivity index (χ0v) is 28.8. The Kier molecular flexibility index (Phi) is 7.02. The van der Waals surface area contributed by atoms with Crippen LogP contribution in [-0.4, -0.2) is 9.97 Å². The Morgan fingerprint density at radius 2 is 1.00 bits per heavy atom. The fourth-order valence-corrected chi connectivity index (χ4v) is 9.21. The molecule has 8 aromatic rings. The second-order valence-electron chi connectivity index (χ2n) is 13.2. The highest BCUT2D eigenvalue weighted by atomic mass is 32.2. The quantitative estimate of drug-likeness (QED) is 0.173. The fourth-order valence-electron chi connectivity index (χ4n) is 8.04. The minimum Gasteiger partial charge on any atom is -0.238 e. The van der Waals surface area contributed by atoms with E-state index in [1.165, 1.54) is 43.2 Å². The van der Waals surface area contributed by atoms with Gasteiger partial charge < -0.3 is 0 Å². The Bertz CT molecular complexity index is 2660. The lowest BCUT2D eigenvalue weighted by atomic mass is 9.66. The molecular weight excluding hydrogens is 651 g/mol. The molecule has 4 heteroatoms. The number of hydrogen-bond acceptors (Lipinski definition) is 3. The van der Waals surface area contributed by atoms with Crippen molar-refractivity contribution in [3.05, 3.63) is 210 Å². The molecule has 0 bridgehead atoms. The normalized spacial score (nSPS) is 14.9. The topological polar surface area (TPSA) is 30.1 Å². The van der Waals surface area contributed by atoms with Crippen LogP contribution in [0.1, 0.15) is 22.3 Å². The summed E-state index contributed by atoms with van der Waals surface area (Å²) in [6, 6.07) is 62.2. The van der Waals surface area contributed by atoms with E-state index in [9.17, 15) is 0 Å². The maximum Gasteiger partial charge on any atom is 0.187 e. The summed E-state index contributed by atoms with van der Waals surface area (Å²) in [6.45, 7) is 7.46. The van der Waals surface area contributed by atoms with Crippen LogP contribution in [0.2, 0.25) is 0 Å². The van der Waals surface area contributed by atoms with Gasteiger partial charge in [0.05, 0.1) is 23.4 Å². The smallest absolute Gasteiger partial charge is 0.187 e. The van der Waals surface area contributed by atoms with Crippen molar-refractivity contribution in [2.75, 3.05) is 0 Å². The van der Waals surface area contributed by atoms with Gasteiger partial charge in [-0.1, -0.05) is 157 Å². The highest BCUT2D eigenvalue weighted by Gasteiger charge is 2.50. The average Bonchev–Trinajstić information content (AvgIpc) is 3.51. The molecule has 1 aliphatic carbocycles. The maximum absolute atomic E-state index is 7.46. The zero-order valence-electron chi connectivity index (χ0n) is 28.0. The van der Waals surface area contributed by atoms with Crippen molar-refractivity contribution in [1.29, 1.82) is 0 Å². The first-order chi connectivity index (χ1) is 25.7. The summed E-state index contributed by atoms with van der Waals surface area (Å²) < 4.78 is 0. The molecule has 0 N–H and O–H groups in total. The highest BCUT2D eigenvalue weighted by Crippen LogP contribution is 2.62. The lowest BCUT2D eigenvalue weighted by Crippen LogP contribution is -2.32. The van der Waals surface area contributed by atoms with Crippen LogP contribution in [0.15, 0.2) is 186 Å². The molecule has 1 unspecified atom stereocenters. The van der Waals surface area contributed by atoms with Gasteiger partial charge in [-0.15, -0.1) is 0 Å². The van der Waals surface area contributed by atoms with Gasteiger partial charge in [0.25, 0.3) is 0 Å². The predicted octanol–water partition coefficient (Wildman–Crippen LogP) is 12.5. The monoisotopic (exact) mass is 679 g/mol. The third-order valence-corrected chi connectivity index (χ3v) is 11.5. The van der Waals surface area contributed by atoms with Crippen LogP contribution in [0.25, 0.3) is 61.0 Å². The van der Waals surface area contributed by atoms with Crippen LogP contribution in [0, 0.1) is 6.57 Å². The number of rotatable bonds is 4. The first-order valence-electron chi connectivity index (χ1n) is 17.4. The Hall–Kier alpha value is -6.54. The van der Waals surface area contributed by atoms with Crippen molar-refractivity contribution >= 4 is 17.4 Å². The van der Waals surface area contributed by atoms with Gasteiger partial charge in [0.15, 0.2) is 11.5 Å². The van der Waals surface area contributed by atoms with Gasteiger partial charge in [-0.25, -0.2) is 14.8 Å². The Labute approximate surface area is 307 Å². The van der Waals surface area contributed by atoms with Gasteiger partial charge in [-0.2, -0.15) is 0 Å². The molecule has 1 spiro atoms. The number of benzene rings is 7. The molecule has 2 aliphatic rings. The number of fused-ring (bicyclic) bond motifs is 9. The molecule has 0 amide bonds. The maximum atomic E-state index is 7.46. The Morgan fingerprint density at radius 1 is 0.423 bits per heavy atom. The summed E-state index contributed by atoms with van der Waals surface area (Å²) in [5.74, 6) is 0.703. The van der Waals surface area contributed by atoms with Crippen molar-refractivity contribution < 1.29 is 0 Å². The molecule has 0 radical (unpaired) electrons. The van der Waals surface area contributed by atoms with Crippen molar-refractivity contribution in [2.45, 2.75) is 15.2 Å². The summed E-state index contributed by atoms with van der Waals surface area (Å²) >= 11 is 1.84. The molecule has 0 fully saturated rings. The van der Waals surface area contributed by atoms with Crippen LogP contribution >= 0.6 is 11.8 Å². The van der Waals surface area contributed by atoms with E-state index >= 15 is 0 Å². The van der Waals surface area contributed by atoms with Gasteiger partial charge in [0.2, 0.25) is 0 Å². The first-order valence-corrected chi connectivity index (χ1v) is 18.2. The Balaban J connectivity index is 1.24. The van der Waals surface area contributed by atoms with E-state index in [4.69, 9.17) is 16.5 Å². The molecule has 2 heterocycles. The molecule has 1 aromatic heterocycles. The van der Waals surface area contributed by atoms with Crippen LogP contribution in [0.3, 0.4) is 0 Å². The number of hydrogen-bond donors (Lipinski definition) is 0. The van der Waals surface area contributed by atoms with Crippen molar-refractivity contribution in [2.24, 2.45) is 0 Å². The molecule has 7 aromatic carbocycles. The molecular formula is C48H29N3S. The van der Waals surface area contributed by atoms with Crippen molar-refractivity contribution in [3.63, 3.8) is 0 Å². The minimum absolute atomic E-state index is 0.552. The first kappa shape index (κ1) is 30.3. The third-order valence-electron chi connectivity index (χ3n) is 10.4. The van der Waals surface area contributed by atoms with E-state index < -0.39 is 5.41 Å². The van der Waals surface area contributed by atoms with Gasteiger partial charge in [0.1, 0.15) is 0 Å². The summed E-state index contributed by atoms with van der Waals surface area (Å²) in [4.78, 5) is 16.4. The summed E-state index contributed by atoms with van der Waals surface area (Å²) in [7, 11) is 0. The molecule has 3 nitrogen and oxygen atoms in total. The summed E-state index contributed by atoms with van der Waals surface area (Å²) in [5, 5.41) is 0. The Morgan fingerprint density at radius 3 is 1.77 bits per heavy atom. The van der Waals surface area contributed by atoms with Crippen molar-refractivity contribution in [1.82, 2.24) is 9.97 Å². The van der Waals surface area contributed by atoms with Gasteiger partial charge in [-0.05, 0) is 74.8 Å². The third kappa shape index (κ3) is 4.67. The minimum atomic E-state index is -0.552. The van der Waals surface area contributed by atoms with Crippen LogP contribution in [-0.2, 0) is 5.41 Å². The fraction of sp³-hybridized carbons (Fsp3) is 0.0208. The van der Waals surface area contributed by atoms with E-state index in [-0.39, 0.29) is 0 Å². The van der Waals surface area contributed by atoms with Gasteiger partial charge in [0, 0.05) is 26.5 Å². The highest BCUT2D eigenvalue weighted by molar-refractivity contribution is 7.99. The van der Waals surface area contributed by atoms with E-state index in [1.54, 1.807) is 0 Å². The molecule has 52 heavy (non-hydrogen) atoms. The van der Waals surface area contributed by atoms with Crippen LogP contribution in [0.5, 0.6) is 0 Å². The molecule has 10 rings (SSSR count). The standard InChI is InChI=1S/C48H29N3S/c1-49-36-24-20-31(21-25-36)34-23-27-46-42(28-34)48(40-18-10-11-19-45(40)52-46)39-17-9-8-16-37(39)38-26-22-35(29-41(38)48)44-30-43(32-12-4-2-5-13-32)50-47(51-44)33-14-6-3-7-15-33/h2-30H. The summed E-state index contributed by atoms with van der Waals surface area (Å²) in [5.41, 5.74) is 14.8. The van der Waals surface area contributed by atoms with E-state index in [0.29, 0.717) is 11.5 Å². The van der Waals surface area contributed by atoms with Crippen molar-refractivity contribution in [3.8, 4) is 56.2 Å². The molecule has 0 saturated carbocycles. The van der Waals surface area contributed by atoms with Crippen LogP contribution in [0.4, 0.5) is 5.69 Å². The zero-order chi connectivity index (χ0) is 34.6. The second-order valence-corrected chi connectivity index (χ2v) is 14.3. The van der Waals surface area contributed by atoms with Gasteiger partial charge in [-0.3, -0.25) is 0 Å². The van der Waals surface area contributed by atoms with E-state index in [0.717, 1.165) is 39.2 Å². The van der Waals surface area contributed by atoms with Gasteiger partial charge >= 0.3 is 0 Å². The number of aromatic nitrogens is 2. The largest absolute Gasteiger partial charge is 0.238 e. The lowest BCUT2D eigenvalue weighted by molar-refractivity contribution is 0.723. The van der Waals surface area contributed by atoms with E-state index in [1.807, 2.05) is 48.2 Å². The predicted molar refractivity (Wildman–Crippen MR) is 211 cm³/mol. The summed E-state index contributed by atoms with van der Waals surface area (Å²) in [6.07, 6.45) is 0. The molecule has 1 aliphatic heterocycles. The number of nitrogens with zero attached hydrogens (tertiary/aromatic N) is 3. The average molecular weight is 680 g/mol.